The molecule has 242 valence electrons. The van der Waals surface area contributed by atoms with Gasteiger partial charge in [-0.1, -0.05) is 31.5 Å². The molecular weight excluding hydrogens is 590 g/mol. The van der Waals surface area contributed by atoms with Crippen molar-refractivity contribution >= 4 is 21.3 Å². The first kappa shape index (κ1) is 32.9. The normalized spacial score (nSPS) is 16.2. The molecule has 8 nitrogen and oxygen atoms in total. The minimum Gasteiger partial charge on any atom is -0.497 e. The zero-order chi connectivity index (χ0) is 31.8. The average Bonchev–Trinajstić information content (AvgIpc) is 3.07. The van der Waals surface area contributed by atoms with E-state index < -0.39 is 16.2 Å². The second-order valence-electron chi connectivity index (χ2n) is 11.5. The Hall–Kier alpha value is -3.53. The van der Waals surface area contributed by atoms with Gasteiger partial charge in [0.2, 0.25) is 0 Å². The Morgan fingerprint density at radius 2 is 1.44 bits per heavy atom. The summed E-state index contributed by atoms with van der Waals surface area (Å²) in [6, 6.07) is 19.3. The zero-order valence-electron chi connectivity index (χ0n) is 26.8. The van der Waals surface area contributed by atoms with Crippen molar-refractivity contribution in [1.29, 1.82) is 0 Å². The van der Waals surface area contributed by atoms with Crippen LogP contribution in [0.5, 0.6) is 23.0 Å². The van der Waals surface area contributed by atoms with Crippen LogP contribution >= 0.6 is 0 Å². The summed E-state index contributed by atoms with van der Waals surface area (Å²) in [6.07, 6.45) is 4.75. The molecule has 1 aliphatic heterocycles. The molecule has 0 spiro atoms. The fourth-order valence-electron chi connectivity index (χ4n) is 6.28. The summed E-state index contributed by atoms with van der Waals surface area (Å²) in [6.45, 7) is 5.57. The van der Waals surface area contributed by atoms with Gasteiger partial charge in [0.25, 0.3) is 10.1 Å². The molecule has 2 aliphatic rings. The molecule has 1 atom stereocenters. The molecule has 0 radical (unpaired) electrons. The van der Waals surface area contributed by atoms with Gasteiger partial charge in [0, 0.05) is 18.2 Å². The lowest BCUT2D eigenvalue weighted by molar-refractivity contribution is 0.183. The Morgan fingerprint density at radius 1 is 0.778 bits per heavy atom. The van der Waals surface area contributed by atoms with Crippen LogP contribution in [0.15, 0.2) is 60.7 Å². The topological polar surface area (TPSA) is 83.5 Å². The SMILES string of the molecule is CCCS(=O)(=O)OC(C1=C(c2ccc(OC)cc2OC)CCc2cc(OC)ccc21)c1ccc(OCCN2CCCCC2)cc1. The third-order valence-corrected chi connectivity index (χ3v) is 9.97. The number of benzene rings is 3. The van der Waals surface area contributed by atoms with Crippen molar-refractivity contribution in [1.82, 2.24) is 4.90 Å². The van der Waals surface area contributed by atoms with Gasteiger partial charge in [0.05, 0.1) is 27.1 Å². The number of hydrogen-bond donors (Lipinski definition) is 0. The molecule has 1 unspecified atom stereocenters. The number of ether oxygens (including phenoxy) is 4. The monoisotopic (exact) mass is 635 g/mol. The lowest BCUT2D eigenvalue weighted by atomic mass is 9.78. The standard InChI is InChI=1S/C36H45NO7S/c1-5-23-45(38,39)44-36(26-9-12-28(13-10-26)43-22-21-37-19-7-6-8-20-37)35-31-17-14-29(40-2)24-27(31)11-16-33(35)32-18-15-30(41-3)25-34(32)42-4/h9-10,12-15,17-18,24-25,36H,5-8,11,16,19-23H2,1-4H3. The molecule has 0 bridgehead atoms. The highest BCUT2D eigenvalue weighted by atomic mass is 32.2. The van der Waals surface area contributed by atoms with Gasteiger partial charge >= 0.3 is 0 Å². The first-order valence-corrected chi connectivity index (χ1v) is 17.4. The number of rotatable bonds is 14. The van der Waals surface area contributed by atoms with Gasteiger partial charge in [-0.05, 0) is 109 Å². The second kappa shape index (κ2) is 15.2. The fraction of sp³-hybridized carbons (Fsp3) is 0.444. The van der Waals surface area contributed by atoms with E-state index in [1.165, 1.54) is 19.3 Å². The van der Waals surface area contributed by atoms with Crippen LogP contribution in [0, 0.1) is 0 Å². The lowest BCUT2D eigenvalue weighted by Crippen LogP contribution is -2.33. The summed E-state index contributed by atoms with van der Waals surface area (Å²) in [5.74, 6) is 2.73. The maximum Gasteiger partial charge on any atom is 0.268 e. The first-order valence-electron chi connectivity index (χ1n) is 15.8. The number of methoxy groups -OCH3 is 3. The van der Waals surface area contributed by atoms with Crippen LogP contribution in [0.25, 0.3) is 11.1 Å². The first-order chi connectivity index (χ1) is 21.9. The van der Waals surface area contributed by atoms with Crippen molar-refractivity contribution in [3.8, 4) is 23.0 Å². The van der Waals surface area contributed by atoms with Crippen LogP contribution < -0.4 is 18.9 Å². The highest BCUT2D eigenvalue weighted by Crippen LogP contribution is 2.48. The van der Waals surface area contributed by atoms with E-state index in [2.05, 4.69) is 4.90 Å². The largest absolute Gasteiger partial charge is 0.497 e. The number of allylic oxidation sites excluding steroid dienone is 1. The smallest absolute Gasteiger partial charge is 0.268 e. The summed E-state index contributed by atoms with van der Waals surface area (Å²) in [4.78, 5) is 2.44. The Kier molecular flexibility index (Phi) is 11.1. The molecule has 1 saturated heterocycles. The minimum absolute atomic E-state index is 0.0782. The van der Waals surface area contributed by atoms with E-state index >= 15 is 0 Å². The quantitative estimate of drug-likeness (QED) is 0.176. The minimum atomic E-state index is -3.86. The van der Waals surface area contributed by atoms with Crippen LogP contribution in [0.2, 0.25) is 0 Å². The summed E-state index contributed by atoms with van der Waals surface area (Å²) in [7, 11) is 1.03. The molecule has 1 fully saturated rings. The molecule has 5 rings (SSSR count). The molecule has 0 aromatic heterocycles. The van der Waals surface area contributed by atoms with Crippen LogP contribution in [-0.4, -0.2) is 66.6 Å². The van der Waals surface area contributed by atoms with E-state index in [-0.39, 0.29) is 5.75 Å². The number of hydrogen-bond acceptors (Lipinski definition) is 8. The highest BCUT2D eigenvalue weighted by Gasteiger charge is 2.33. The summed E-state index contributed by atoms with van der Waals surface area (Å²) < 4.78 is 55.8. The predicted octanol–water partition coefficient (Wildman–Crippen LogP) is 6.93. The van der Waals surface area contributed by atoms with Crippen molar-refractivity contribution in [2.24, 2.45) is 0 Å². The lowest BCUT2D eigenvalue weighted by Gasteiger charge is -2.31. The van der Waals surface area contributed by atoms with Gasteiger partial charge in [-0.25, -0.2) is 0 Å². The highest BCUT2D eigenvalue weighted by molar-refractivity contribution is 7.86. The maximum absolute atomic E-state index is 13.3. The van der Waals surface area contributed by atoms with Crippen molar-refractivity contribution in [3.05, 3.63) is 82.9 Å². The van der Waals surface area contributed by atoms with Crippen LogP contribution in [0.3, 0.4) is 0 Å². The predicted molar refractivity (Wildman–Crippen MR) is 178 cm³/mol. The number of piperidine rings is 1. The average molecular weight is 636 g/mol. The molecule has 9 heteroatoms. The number of nitrogens with zero attached hydrogens (tertiary/aromatic N) is 1. The number of aryl methyl sites for hydroxylation is 1. The molecule has 1 aliphatic carbocycles. The van der Waals surface area contributed by atoms with Crippen LogP contribution in [-0.2, 0) is 20.7 Å². The van der Waals surface area contributed by atoms with Crippen molar-refractivity contribution < 1.29 is 31.5 Å². The molecule has 3 aromatic carbocycles. The second-order valence-corrected chi connectivity index (χ2v) is 13.3. The van der Waals surface area contributed by atoms with Gasteiger partial charge in [0.1, 0.15) is 35.7 Å². The van der Waals surface area contributed by atoms with Crippen LogP contribution in [0.1, 0.15) is 67.4 Å². The maximum atomic E-state index is 13.3. The van der Waals surface area contributed by atoms with Gasteiger partial charge in [0.15, 0.2) is 0 Å². The molecular formula is C36H45NO7S. The van der Waals surface area contributed by atoms with Gasteiger partial charge < -0.3 is 18.9 Å². The fourth-order valence-corrected chi connectivity index (χ4v) is 7.38. The molecule has 0 N–H and O–H groups in total. The molecule has 1 heterocycles. The van der Waals surface area contributed by atoms with E-state index in [0.29, 0.717) is 30.9 Å². The summed E-state index contributed by atoms with van der Waals surface area (Å²) in [5.41, 5.74) is 5.34. The van der Waals surface area contributed by atoms with Crippen LogP contribution in [0.4, 0.5) is 0 Å². The number of likely N-dealkylation sites (tertiary alicyclic amines) is 1. The Balaban J connectivity index is 1.58. The third kappa shape index (κ3) is 8.01. The molecule has 45 heavy (non-hydrogen) atoms. The van der Waals surface area contributed by atoms with Gasteiger partial charge in [-0.15, -0.1) is 0 Å². The molecule has 0 amide bonds. The van der Waals surface area contributed by atoms with Gasteiger partial charge in [-0.2, -0.15) is 8.42 Å². The van der Waals surface area contributed by atoms with Crippen molar-refractivity contribution in [2.45, 2.75) is 51.6 Å². The van der Waals surface area contributed by atoms with Gasteiger partial charge in [-0.3, -0.25) is 9.08 Å². The van der Waals surface area contributed by atoms with E-state index in [1.54, 1.807) is 21.3 Å². The van der Waals surface area contributed by atoms with E-state index in [9.17, 15) is 8.42 Å². The molecule has 3 aromatic rings. The van der Waals surface area contributed by atoms with E-state index in [1.807, 2.05) is 67.6 Å². The van der Waals surface area contributed by atoms with Crippen molar-refractivity contribution in [3.63, 3.8) is 0 Å². The van der Waals surface area contributed by atoms with Crippen molar-refractivity contribution in [2.75, 3.05) is 53.3 Å². The summed E-state index contributed by atoms with van der Waals surface area (Å²) in [5, 5.41) is 0. The third-order valence-electron chi connectivity index (χ3n) is 8.57. The van der Waals surface area contributed by atoms with E-state index in [4.69, 9.17) is 23.1 Å². The molecule has 0 saturated carbocycles. The van der Waals surface area contributed by atoms with E-state index in [0.717, 1.165) is 71.0 Å². The number of fused-ring (bicyclic) bond motifs is 1. The Morgan fingerprint density at radius 3 is 2.11 bits per heavy atom. The Bertz CT molecular complexity index is 1580. The zero-order valence-corrected chi connectivity index (χ0v) is 27.7. The summed E-state index contributed by atoms with van der Waals surface area (Å²) >= 11 is 0. The Labute approximate surface area is 268 Å².